The number of fused-ring (bicyclic) bond motifs is 1. The van der Waals surface area contributed by atoms with Gasteiger partial charge in [-0.3, -0.25) is 4.57 Å². The summed E-state index contributed by atoms with van der Waals surface area (Å²) >= 11 is 0. The van der Waals surface area contributed by atoms with E-state index in [2.05, 4.69) is 17.1 Å². The van der Waals surface area contributed by atoms with Crippen LogP contribution in [0.3, 0.4) is 0 Å². The van der Waals surface area contributed by atoms with E-state index in [4.69, 9.17) is 0 Å². The first kappa shape index (κ1) is 12.7. The molecule has 3 rings (SSSR count). The molecule has 0 fully saturated rings. The van der Waals surface area contributed by atoms with Crippen LogP contribution in [0, 0.1) is 10.1 Å². The molecule has 0 amide bonds. The average Bonchev–Trinajstić information content (AvgIpc) is 3.01. The van der Waals surface area contributed by atoms with E-state index in [1.807, 2.05) is 24.1 Å². The van der Waals surface area contributed by atoms with Crippen LogP contribution in [0.15, 0.2) is 30.6 Å². The number of benzene rings is 1. The third kappa shape index (κ3) is 1.84. The molecule has 0 N–H and O–H groups in total. The summed E-state index contributed by atoms with van der Waals surface area (Å²) in [6, 6.07) is 8.45. The number of anilines is 1. The summed E-state index contributed by atoms with van der Waals surface area (Å²) in [5.41, 5.74) is 2.58. The molecule has 6 heteroatoms. The van der Waals surface area contributed by atoms with E-state index >= 15 is 0 Å². The number of imidazole rings is 1. The molecule has 0 radical (unpaired) electrons. The molecule has 0 unspecified atom stereocenters. The van der Waals surface area contributed by atoms with E-state index in [1.165, 1.54) is 17.5 Å². The van der Waals surface area contributed by atoms with Gasteiger partial charge in [0.25, 0.3) is 0 Å². The second-order valence-electron chi connectivity index (χ2n) is 5.12. The molecule has 0 saturated heterocycles. The van der Waals surface area contributed by atoms with E-state index in [-0.39, 0.29) is 11.9 Å². The summed E-state index contributed by atoms with van der Waals surface area (Å²) in [6.07, 6.45) is 3.47. The first-order valence-corrected chi connectivity index (χ1v) is 6.56. The third-order valence-corrected chi connectivity index (χ3v) is 3.96. The Kier molecular flexibility index (Phi) is 2.93. The van der Waals surface area contributed by atoms with Crippen molar-refractivity contribution in [2.45, 2.75) is 18.9 Å². The number of nitro groups is 1. The molecule has 1 heterocycles. The van der Waals surface area contributed by atoms with Gasteiger partial charge in [0.05, 0.1) is 6.04 Å². The molecule has 0 saturated carbocycles. The quantitative estimate of drug-likeness (QED) is 0.636. The van der Waals surface area contributed by atoms with Crippen molar-refractivity contribution in [2.75, 3.05) is 11.9 Å². The van der Waals surface area contributed by atoms with Crippen LogP contribution in [-0.2, 0) is 13.5 Å². The van der Waals surface area contributed by atoms with Crippen LogP contribution >= 0.6 is 0 Å². The highest BCUT2D eigenvalue weighted by Gasteiger charge is 2.32. The summed E-state index contributed by atoms with van der Waals surface area (Å²) < 4.78 is 1.71. The van der Waals surface area contributed by atoms with Crippen molar-refractivity contribution in [3.05, 3.63) is 51.8 Å². The smallest absolute Gasteiger partial charge is 0.358 e. The summed E-state index contributed by atoms with van der Waals surface area (Å²) in [4.78, 5) is 16.5. The number of aryl methyl sites for hydroxylation is 2. The summed E-state index contributed by atoms with van der Waals surface area (Å²) in [6.45, 7) is 0. The molecular formula is C14H16N4O2. The van der Waals surface area contributed by atoms with Gasteiger partial charge in [0.15, 0.2) is 0 Å². The Morgan fingerprint density at radius 3 is 2.95 bits per heavy atom. The Labute approximate surface area is 116 Å². The highest BCUT2D eigenvalue weighted by atomic mass is 16.6. The molecule has 0 aliphatic heterocycles. The SMILES string of the molecule is CN(c1c([N+](=O)[O-])ncn1C)[C@H]1CCc2ccccc21. The average molecular weight is 272 g/mol. The fraction of sp³-hybridized carbons (Fsp3) is 0.357. The highest BCUT2D eigenvalue weighted by molar-refractivity contribution is 5.56. The first-order chi connectivity index (χ1) is 9.59. The Morgan fingerprint density at radius 1 is 1.45 bits per heavy atom. The minimum absolute atomic E-state index is 0.0839. The first-order valence-electron chi connectivity index (χ1n) is 6.56. The zero-order chi connectivity index (χ0) is 14.3. The zero-order valence-electron chi connectivity index (χ0n) is 11.5. The maximum Gasteiger partial charge on any atom is 0.406 e. The molecule has 6 nitrogen and oxygen atoms in total. The van der Waals surface area contributed by atoms with E-state index in [0.29, 0.717) is 5.82 Å². The van der Waals surface area contributed by atoms with Crippen LogP contribution in [-0.4, -0.2) is 21.5 Å². The lowest BCUT2D eigenvalue weighted by molar-refractivity contribution is -0.388. The van der Waals surface area contributed by atoms with Gasteiger partial charge in [0.2, 0.25) is 12.1 Å². The van der Waals surface area contributed by atoms with Gasteiger partial charge in [-0.05, 0) is 33.9 Å². The maximum absolute atomic E-state index is 11.1. The van der Waals surface area contributed by atoms with Gasteiger partial charge in [-0.25, -0.2) is 0 Å². The molecule has 1 atom stereocenters. The van der Waals surface area contributed by atoms with E-state index in [9.17, 15) is 10.1 Å². The second-order valence-corrected chi connectivity index (χ2v) is 5.12. The maximum atomic E-state index is 11.1. The predicted molar refractivity (Wildman–Crippen MR) is 75.8 cm³/mol. The Balaban J connectivity index is 2.01. The lowest BCUT2D eigenvalue weighted by Crippen LogP contribution is -2.25. The van der Waals surface area contributed by atoms with Gasteiger partial charge in [0.1, 0.15) is 0 Å². The molecular weight excluding hydrogens is 256 g/mol. The predicted octanol–water partition coefficient (Wildman–Crippen LogP) is 2.45. The van der Waals surface area contributed by atoms with E-state index < -0.39 is 4.92 Å². The summed E-state index contributed by atoms with van der Waals surface area (Å²) in [7, 11) is 3.68. The number of hydrogen-bond acceptors (Lipinski definition) is 4. The summed E-state index contributed by atoms with van der Waals surface area (Å²) in [5.74, 6) is 0.469. The molecule has 2 aromatic rings. The monoisotopic (exact) mass is 272 g/mol. The fourth-order valence-corrected chi connectivity index (χ4v) is 3.03. The van der Waals surface area contributed by atoms with Crippen molar-refractivity contribution in [3.8, 4) is 0 Å². The number of aromatic nitrogens is 2. The van der Waals surface area contributed by atoms with Gasteiger partial charge in [-0.2, -0.15) is 0 Å². The number of nitrogens with zero attached hydrogens (tertiary/aromatic N) is 4. The number of rotatable bonds is 3. The van der Waals surface area contributed by atoms with E-state index in [0.717, 1.165) is 12.8 Å². The molecule has 1 aliphatic rings. The van der Waals surface area contributed by atoms with E-state index in [1.54, 1.807) is 11.6 Å². The molecule has 1 aromatic heterocycles. The van der Waals surface area contributed by atoms with Crippen molar-refractivity contribution in [3.63, 3.8) is 0 Å². The lowest BCUT2D eigenvalue weighted by atomic mass is 10.1. The van der Waals surface area contributed by atoms with Crippen LogP contribution in [0.25, 0.3) is 0 Å². The lowest BCUT2D eigenvalue weighted by Gasteiger charge is -2.26. The molecule has 20 heavy (non-hydrogen) atoms. The molecule has 1 aliphatic carbocycles. The van der Waals surface area contributed by atoms with Crippen LogP contribution in [0.1, 0.15) is 23.6 Å². The van der Waals surface area contributed by atoms with Crippen molar-refractivity contribution >= 4 is 11.6 Å². The van der Waals surface area contributed by atoms with Gasteiger partial charge >= 0.3 is 5.82 Å². The zero-order valence-corrected chi connectivity index (χ0v) is 11.5. The topological polar surface area (TPSA) is 64.2 Å². The molecule has 0 bridgehead atoms. The van der Waals surface area contributed by atoms with Gasteiger partial charge < -0.3 is 15.0 Å². The Morgan fingerprint density at radius 2 is 2.20 bits per heavy atom. The van der Waals surface area contributed by atoms with Gasteiger partial charge in [-0.1, -0.05) is 24.3 Å². The third-order valence-electron chi connectivity index (χ3n) is 3.96. The van der Waals surface area contributed by atoms with Crippen LogP contribution in [0.4, 0.5) is 11.6 Å². The van der Waals surface area contributed by atoms with Crippen molar-refractivity contribution < 1.29 is 4.92 Å². The molecule has 1 aromatic carbocycles. The standard InChI is InChI=1S/C14H16N4O2/c1-16-9-15-13(18(19)20)14(16)17(2)12-8-7-10-5-3-4-6-11(10)12/h3-6,9,12H,7-8H2,1-2H3/t12-/m0/s1. The fourth-order valence-electron chi connectivity index (χ4n) is 3.03. The largest absolute Gasteiger partial charge is 0.406 e. The van der Waals surface area contributed by atoms with Gasteiger partial charge in [0, 0.05) is 14.1 Å². The van der Waals surface area contributed by atoms with Crippen molar-refractivity contribution in [1.29, 1.82) is 0 Å². The molecule has 104 valence electrons. The summed E-state index contributed by atoms with van der Waals surface area (Å²) in [5, 5.41) is 11.1. The second kappa shape index (κ2) is 4.63. The molecule has 0 spiro atoms. The van der Waals surface area contributed by atoms with Gasteiger partial charge in [-0.15, -0.1) is 0 Å². The Hall–Kier alpha value is -2.37. The highest BCUT2D eigenvalue weighted by Crippen LogP contribution is 2.39. The minimum atomic E-state index is -0.424. The van der Waals surface area contributed by atoms with Crippen LogP contribution in [0.2, 0.25) is 0 Å². The normalized spacial score (nSPS) is 17.0. The Bertz CT molecular complexity index is 665. The van der Waals surface area contributed by atoms with Crippen molar-refractivity contribution in [1.82, 2.24) is 9.55 Å². The van der Waals surface area contributed by atoms with Crippen LogP contribution < -0.4 is 4.90 Å². The van der Waals surface area contributed by atoms with Crippen molar-refractivity contribution in [2.24, 2.45) is 7.05 Å². The van der Waals surface area contributed by atoms with Crippen LogP contribution in [0.5, 0.6) is 0 Å². The number of hydrogen-bond donors (Lipinski definition) is 0. The minimum Gasteiger partial charge on any atom is -0.358 e.